The molecule has 0 saturated carbocycles. The molecule has 0 bridgehead atoms. The first-order valence-electron chi connectivity index (χ1n) is 4.25. The number of benzene rings is 1. The molecule has 1 aromatic carbocycles. The smallest absolute Gasteiger partial charge is 0.744 e. The van der Waals surface area contributed by atoms with E-state index in [0.29, 0.717) is 18.2 Å². The normalized spacial score (nSPS) is 12.0. The van der Waals surface area contributed by atoms with Crippen molar-refractivity contribution in [3.8, 4) is 0 Å². The third-order valence-electron chi connectivity index (χ3n) is 1.74. The molecule has 0 aliphatic carbocycles. The predicted octanol–water partition coefficient (Wildman–Crippen LogP) is -9.95. The molecule has 0 spiro atoms. The van der Waals surface area contributed by atoms with Crippen LogP contribution in [0.2, 0.25) is 0 Å². The summed E-state index contributed by atoms with van der Waals surface area (Å²) >= 11 is 0. The second-order valence-electron chi connectivity index (χ2n) is 3.15. The van der Waals surface area contributed by atoms with Gasteiger partial charge in [0, 0.05) is 0 Å². The van der Waals surface area contributed by atoms with Crippen molar-refractivity contribution in [1.82, 2.24) is 0 Å². The fourth-order valence-corrected chi connectivity index (χ4v) is 2.31. The van der Waals surface area contributed by atoms with Gasteiger partial charge in [-0.3, -0.25) is 0 Å². The Morgan fingerprint density at radius 2 is 1.26 bits per heavy atom. The number of nitrogens with zero attached hydrogens (tertiary/aromatic N) is 2. The molecule has 0 unspecified atom stereocenters. The van der Waals surface area contributed by atoms with E-state index in [9.17, 15) is 38.9 Å². The third kappa shape index (κ3) is 10.3. The standard InChI is InChI=1S/C6H6N2O9S3.3Na/c9-18(10,11)4-1-2-6(19(12,13)14)5(3-4)7-8-20(15,16)17;;;/h1-3H,(H,9,10,11)(H,12,13,14)(H,15,16,17);;;/q;3*+1/p-3. The van der Waals surface area contributed by atoms with Gasteiger partial charge in [-0.15, -0.1) is 5.11 Å². The second-order valence-corrected chi connectivity index (χ2v) is 6.89. The maximum Gasteiger partial charge on any atom is 1.00 e. The van der Waals surface area contributed by atoms with Crippen molar-refractivity contribution in [3.63, 3.8) is 0 Å². The summed E-state index contributed by atoms with van der Waals surface area (Å²) < 4.78 is 97.5. The van der Waals surface area contributed by atoms with Crippen LogP contribution in [0.15, 0.2) is 37.6 Å². The second kappa shape index (κ2) is 10.6. The minimum Gasteiger partial charge on any atom is -0.744 e. The molecule has 0 radical (unpaired) electrons. The van der Waals surface area contributed by atoms with E-state index >= 15 is 0 Å². The zero-order valence-electron chi connectivity index (χ0n) is 12.0. The average Bonchev–Trinajstić information content (AvgIpc) is 2.22. The van der Waals surface area contributed by atoms with Crippen LogP contribution in [0.25, 0.3) is 0 Å². The Hall–Kier alpha value is 1.55. The Morgan fingerprint density at radius 3 is 1.61 bits per heavy atom. The summed E-state index contributed by atoms with van der Waals surface area (Å²) in [6, 6.07) is 1.25. The van der Waals surface area contributed by atoms with Crippen LogP contribution in [0.3, 0.4) is 0 Å². The molecule has 1 aromatic rings. The number of rotatable bonds is 4. The summed E-state index contributed by atoms with van der Waals surface area (Å²) in [5.41, 5.74) is -1.06. The molecule has 0 heterocycles. The van der Waals surface area contributed by atoms with Crippen LogP contribution >= 0.6 is 0 Å². The van der Waals surface area contributed by atoms with E-state index < -0.39 is 46.0 Å². The van der Waals surface area contributed by atoms with Crippen LogP contribution in [0, 0.1) is 0 Å². The molecule has 1 rings (SSSR count). The molecule has 0 aromatic heterocycles. The third-order valence-corrected chi connectivity index (χ3v) is 3.73. The molecule has 0 N–H and O–H groups in total. The molecular weight excluding hydrogens is 409 g/mol. The Morgan fingerprint density at radius 1 is 0.783 bits per heavy atom. The SMILES string of the molecule is O=S(=O)([O-])N=Nc1cc(S(=O)(=O)[O-])ccc1S(=O)(=O)[O-].[Na+].[Na+].[Na+]. The van der Waals surface area contributed by atoms with Gasteiger partial charge in [0.2, 0.25) is 10.3 Å². The summed E-state index contributed by atoms with van der Waals surface area (Å²) in [6.07, 6.45) is 0. The minimum atomic E-state index is -5.25. The summed E-state index contributed by atoms with van der Waals surface area (Å²) in [5.74, 6) is 0. The largest absolute Gasteiger partial charge is 1.00 e. The van der Waals surface area contributed by atoms with E-state index in [4.69, 9.17) is 0 Å². The zero-order chi connectivity index (χ0) is 15.8. The molecular formula is C6H3N2Na3O9S3. The molecule has 17 heteroatoms. The van der Waals surface area contributed by atoms with Gasteiger partial charge in [-0.05, 0) is 18.2 Å². The molecule has 0 saturated heterocycles. The van der Waals surface area contributed by atoms with Crippen LogP contribution in [-0.4, -0.2) is 38.9 Å². The van der Waals surface area contributed by atoms with Gasteiger partial charge in [-0.1, -0.05) is 4.52 Å². The Bertz CT molecular complexity index is 879. The summed E-state index contributed by atoms with van der Waals surface area (Å²) in [6.45, 7) is 0. The maximum atomic E-state index is 10.8. The van der Waals surface area contributed by atoms with E-state index in [0.717, 1.165) is 0 Å². The molecule has 0 amide bonds. The molecule has 0 atom stereocenters. The van der Waals surface area contributed by atoms with Gasteiger partial charge in [-0.2, -0.15) is 0 Å². The molecule has 0 aliphatic rings. The minimum absolute atomic E-state index is 0. The molecule has 0 aliphatic heterocycles. The zero-order valence-corrected chi connectivity index (χ0v) is 20.5. The van der Waals surface area contributed by atoms with Gasteiger partial charge < -0.3 is 13.7 Å². The van der Waals surface area contributed by atoms with Crippen molar-refractivity contribution in [2.24, 2.45) is 9.63 Å². The Labute approximate surface area is 198 Å². The van der Waals surface area contributed by atoms with E-state index in [1.165, 1.54) is 0 Å². The quantitative estimate of drug-likeness (QED) is 0.262. The average molecular weight is 412 g/mol. The summed E-state index contributed by atoms with van der Waals surface area (Å²) in [5, 5.41) is 2.66. The van der Waals surface area contributed by atoms with Crippen molar-refractivity contribution in [2.75, 3.05) is 0 Å². The summed E-state index contributed by atoms with van der Waals surface area (Å²) in [7, 11) is -15.4. The fourth-order valence-electron chi connectivity index (χ4n) is 1.04. The van der Waals surface area contributed by atoms with Gasteiger partial charge in [0.25, 0.3) is 0 Å². The Balaban J connectivity index is -0.00000133. The maximum absolute atomic E-state index is 10.8. The van der Waals surface area contributed by atoms with Crippen LogP contribution in [0.1, 0.15) is 0 Å². The first-order valence-corrected chi connectivity index (χ1v) is 8.43. The topological polar surface area (TPSA) is 196 Å². The molecule has 23 heavy (non-hydrogen) atoms. The van der Waals surface area contributed by atoms with E-state index in [-0.39, 0.29) is 88.7 Å². The van der Waals surface area contributed by atoms with Crippen molar-refractivity contribution in [2.45, 2.75) is 9.79 Å². The van der Waals surface area contributed by atoms with Crippen molar-refractivity contribution < 1.29 is 128 Å². The fraction of sp³-hybridized carbons (Fsp3) is 0. The van der Waals surface area contributed by atoms with Gasteiger partial charge in [0.15, 0.2) is 0 Å². The Kier molecular flexibility index (Phi) is 13.6. The predicted molar refractivity (Wildman–Crippen MR) is 56.6 cm³/mol. The molecule has 11 nitrogen and oxygen atoms in total. The van der Waals surface area contributed by atoms with Crippen molar-refractivity contribution in [1.29, 1.82) is 0 Å². The van der Waals surface area contributed by atoms with Gasteiger partial charge in [0.05, 0.1) is 9.79 Å². The van der Waals surface area contributed by atoms with Gasteiger partial charge >= 0.3 is 88.7 Å². The first-order chi connectivity index (χ1) is 8.81. The van der Waals surface area contributed by atoms with Gasteiger partial charge in [-0.25, -0.2) is 25.3 Å². The van der Waals surface area contributed by atoms with Crippen molar-refractivity contribution >= 4 is 36.2 Å². The van der Waals surface area contributed by atoms with Crippen LogP contribution < -0.4 is 88.7 Å². The van der Waals surface area contributed by atoms with Crippen LogP contribution in [-0.2, 0) is 30.5 Å². The monoisotopic (exact) mass is 412 g/mol. The molecule has 112 valence electrons. The number of hydrogen-bond acceptors (Lipinski definition) is 10. The first kappa shape index (κ1) is 29.3. The van der Waals surface area contributed by atoms with E-state index in [1.54, 1.807) is 0 Å². The van der Waals surface area contributed by atoms with Crippen LogP contribution in [0.5, 0.6) is 0 Å². The summed E-state index contributed by atoms with van der Waals surface area (Å²) in [4.78, 5) is -2.13. The van der Waals surface area contributed by atoms with Crippen molar-refractivity contribution in [3.05, 3.63) is 18.2 Å². The molecule has 0 fully saturated rings. The van der Waals surface area contributed by atoms with Gasteiger partial charge in [0.1, 0.15) is 25.9 Å². The van der Waals surface area contributed by atoms with Crippen LogP contribution in [0.4, 0.5) is 5.69 Å². The van der Waals surface area contributed by atoms with E-state index in [1.807, 2.05) is 0 Å². The van der Waals surface area contributed by atoms with E-state index in [2.05, 4.69) is 9.63 Å². The number of hydrogen-bond donors (Lipinski definition) is 0.